The zero-order valence-electron chi connectivity index (χ0n) is 12.0. The van der Waals surface area contributed by atoms with Crippen LogP contribution in [0, 0.1) is 11.8 Å². The molecule has 0 aromatic heterocycles. The van der Waals surface area contributed by atoms with Crippen LogP contribution in [-0.2, 0) is 4.12 Å². The van der Waals surface area contributed by atoms with Crippen LogP contribution in [0.4, 0.5) is 0 Å². The van der Waals surface area contributed by atoms with Crippen molar-refractivity contribution in [2.45, 2.75) is 65.5 Å². The molecule has 0 bridgehead atoms. The molecule has 0 aliphatic carbocycles. The highest BCUT2D eigenvalue weighted by Gasteiger charge is 2.27. The summed E-state index contributed by atoms with van der Waals surface area (Å²) in [5.74, 6) is 1.50. The molecule has 0 heterocycles. The molecule has 0 aromatic carbocycles. The van der Waals surface area contributed by atoms with E-state index in [0.29, 0.717) is 10.1 Å². The van der Waals surface area contributed by atoms with E-state index in [9.17, 15) is 0 Å². The second kappa shape index (κ2) is 5.64. The van der Waals surface area contributed by atoms with Gasteiger partial charge in [-0.25, -0.2) is 0 Å². The highest BCUT2D eigenvalue weighted by atomic mass is 28.3. The Hall–Kier alpha value is 0.394. The zero-order chi connectivity index (χ0) is 12.3. The second-order valence-corrected chi connectivity index (χ2v) is 12.6. The maximum absolute atomic E-state index is 6.16. The molecular formula is C12H30OSi2. The van der Waals surface area contributed by atoms with Crippen molar-refractivity contribution in [2.75, 3.05) is 0 Å². The van der Waals surface area contributed by atoms with E-state index in [1.807, 2.05) is 0 Å². The Morgan fingerprint density at radius 3 is 1.20 bits per heavy atom. The lowest BCUT2D eigenvalue weighted by molar-refractivity contribution is 0.403. The SMILES string of the molecule is CC(C)C(C)(C)[SiH2]O[SiH2]C(C)(C)C(C)C. The van der Waals surface area contributed by atoms with Gasteiger partial charge in [0, 0.05) is 0 Å². The van der Waals surface area contributed by atoms with Crippen LogP contribution in [0.5, 0.6) is 0 Å². The van der Waals surface area contributed by atoms with Gasteiger partial charge in [-0.3, -0.25) is 0 Å². The maximum Gasteiger partial charge on any atom is 0.151 e. The third-order valence-electron chi connectivity index (χ3n) is 4.07. The van der Waals surface area contributed by atoms with Crippen LogP contribution in [0.15, 0.2) is 0 Å². The van der Waals surface area contributed by atoms with E-state index in [4.69, 9.17) is 4.12 Å². The van der Waals surface area contributed by atoms with E-state index < -0.39 is 0 Å². The highest BCUT2D eigenvalue weighted by Crippen LogP contribution is 2.36. The molecule has 0 spiro atoms. The zero-order valence-corrected chi connectivity index (χ0v) is 14.8. The van der Waals surface area contributed by atoms with Crippen molar-refractivity contribution in [3.8, 4) is 0 Å². The minimum atomic E-state index is -0.358. The Labute approximate surface area is 101 Å². The summed E-state index contributed by atoms with van der Waals surface area (Å²) < 4.78 is 6.16. The Kier molecular flexibility index (Phi) is 5.79. The van der Waals surface area contributed by atoms with E-state index in [2.05, 4.69) is 55.4 Å². The van der Waals surface area contributed by atoms with Crippen LogP contribution >= 0.6 is 0 Å². The lowest BCUT2D eigenvalue weighted by atomic mass is 9.99. The van der Waals surface area contributed by atoms with E-state index in [1.165, 1.54) is 0 Å². The molecule has 0 unspecified atom stereocenters. The number of hydrogen-bond acceptors (Lipinski definition) is 1. The largest absolute Gasteiger partial charge is 0.464 e. The summed E-state index contributed by atoms with van der Waals surface area (Å²) in [5.41, 5.74) is 0. The molecule has 0 N–H and O–H groups in total. The smallest absolute Gasteiger partial charge is 0.151 e. The van der Waals surface area contributed by atoms with Gasteiger partial charge in [-0.2, -0.15) is 0 Å². The van der Waals surface area contributed by atoms with Crippen molar-refractivity contribution in [1.82, 2.24) is 0 Å². The fourth-order valence-corrected chi connectivity index (χ4v) is 6.19. The van der Waals surface area contributed by atoms with Crippen molar-refractivity contribution in [2.24, 2.45) is 11.8 Å². The Morgan fingerprint density at radius 2 is 1.00 bits per heavy atom. The molecule has 0 radical (unpaired) electrons. The molecule has 0 saturated heterocycles. The van der Waals surface area contributed by atoms with Gasteiger partial charge in [0.15, 0.2) is 19.5 Å². The first kappa shape index (κ1) is 15.4. The fraction of sp³-hybridized carbons (Fsp3) is 1.00. The van der Waals surface area contributed by atoms with E-state index in [1.54, 1.807) is 0 Å². The monoisotopic (exact) mass is 246 g/mol. The van der Waals surface area contributed by atoms with E-state index >= 15 is 0 Å². The molecule has 1 nitrogen and oxygen atoms in total. The van der Waals surface area contributed by atoms with Crippen LogP contribution in [0.1, 0.15) is 55.4 Å². The van der Waals surface area contributed by atoms with Gasteiger partial charge in [0.25, 0.3) is 0 Å². The average Bonchev–Trinajstić information content (AvgIpc) is 2.02. The molecule has 0 aliphatic rings. The quantitative estimate of drug-likeness (QED) is 0.655. The summed E-state index contributed by atoms with van der Waals surface area (Å²) >= 11 is 0. The first-order chi connectivity index (χ1) is 6.59. The Bertz CT molecular complexity index is 166. The van der Waals surface area contributed by atoms with Gasteiger partial charge in [0.1, 0.15) is 0 Å². The fourth-order valence-electron chi connectivity index (χ4n) is 0.910. The van der Waals surface area contributed by atoms with Crippen molar-refractivity contribution in [3.05, 3.63) is 0 Å². The molecule has 0 aromatic rings. The van der Waals surface area contributed by atoms with E-state index in [-0.39, 0.29) is 19.5 Å². The first-order valence-electron chi connectivity index (χ1n) is 6.17. The summed E-state index contributed by atoms with van der Waals surface area (Å²) in [4.78, 5) is 0. The molecule has 0 aliphatic heterocycles. The van der Waals surface area contributed by atoms with Gasteiger partial charge in [-0.05, 0) is 21.9 Å². The Balaban J connectivity index is 4.00. The minimum Gasteiger partial charge on any atom is -0.464 e. The summed E-state index contributed by atoms with van der Waals surface area (Å²) in [7, 11) is -0.717. The van der Waals surface area contributed by atoms with Crippen molar-refractivity contribution in [3.63, 3.8) is 0 Å². The highest BCUT2D eigenvalue weighted by molar-refractivity contribution is 6.46. The topological polar surface area (TPSA) is 9.23 Å². The molecule has 0 atom stereocenters. The van der Waals surface area contributed by atoms with Gasteiger partial charge in [-0.1, -0.05) is 55.4 Å². The molecule has 15 heavy (non-hydrogen) atoms. The van der Waals surface area contributed by atoms with Crippen LogP contribution < -0.4 is 0 Å². The average molecular weight is 247 g/mol. The van der Waals surface area contributed by atoms with Crippen molar-refractivity contribution in [1.29, 1.82) is 0 Å². The van der Waals surface area contributed by atoms with Crippen molar-refractivity contribution < 1.29 is 4.12 Å². The molecule has 0 rings (SSSR count). The van der Waals surface area contributed by atoms with Crippen molar-refractivity contribution >= 4 is 19.5 Å². The Morgan fingerprint density at radius 1 is 0.733 bits per heavy atom. The third-order valence-corrected chi connectivity index (χ3v) is 8.83. The normalized spacial score (nSPS) is 15.6. The van der Waals surface area contributed by atoms with Crippen LogP contribution in [0.25, 0.3) is 0 Å². The molecule has 0 amide bonds. The summed E-state index contributed by atoms with van der Waals surface area (Å²) in [5, 5.41) is 0.917. The van der Waals surface area contributed by atoms with Gasteiger partial charge < -0.3 is 4.12 Å². The molecule has 0 saturated carbocycles. The number of hydrogen-bond donors (Lipinski definition) is 0. The van der Waals surface area contributed by atoms with Gasteiger partial charge in [-0.15, -0.1) is 0 Å². The van der Waals surface area contributed by atoms with Crippen LogP contribution in [0.3, 0.4) is 0 Å². The summed E-state index contributed by atoms with van der Waals surface area (Å²) in [6.07, 6.45) is 0. The van der Waals surface area contributed by atoms with Gasteiger partial charge in [0.05, 0.1) is 0 Å². The minimum absolute atomic E-state index is 0.358. The van der Waals surface area contributed by atoms with Gasteiger partial charge in [0.2, 0.25) is 0 Å². The molecule has 92 valence electrons. The van der Waals surface area contributed by atoms with Crippen LogP contribution in [-0.4, -0.2) is 19.5 Å². The molecular weight excluding hydrogens is 216 g/mol. The predicted molar refractivity (Wildman–Crippen MR) is 75.9 cm³/mol. The summed E-state index contributed by atoms with van der Waals surface area (Å²) in [6.45, 7) is 18.7. The van der Waals surface area contributed by atoms with Crippen LogP contribution in [0.2, 0.25) is 10.1 Å². The third kappa shape index (κ3) is 5.32. The van der Waals surface area contributed by atoms with Gasteiger partial charge >= 0.3 is 0 Å². The standard InChI is InChI=1S/C12H30OSi2/c1-9(2)11(5,6)14-13-15-12(7,8)10(3)4/h9-10H,14-15H2,1-8H3. The predicted octanol–water partition coefficient (Wildman–Crippen LogP) is 2.88. The first-order valence-corrected chi connectivity index (χ1v) is 8.74. The second-order valence-electron chi connectivity index (χ2n) is 6.78. The molecule has 3 heteroatoms. The summed E-state index contributed by atoms with van der Waals surface area (Å²) in [6, 6.07) is 0. The van der Waals surface area contributed by atoms with E-state index in [0.717, 1.165) is 11.8 Å². The maximum atomic E-state index is 6.16. The number of rotatable bonds is 6. The molecule has 0 fully saturated rings. The lowest BCUT2D eigenvalue weighted by Crippen LogP contribution is -2.29. The lowest BCUT2D eigenvalue weighted by Gasteiger charge is -2.33.